The minimum Gasteiger partial charge on any atom is -0.457 e. The lowest BCUT2D eigenvalue weighted by atomic mass is 10.1. The predicted molar refractivity (Wildman–Crippen MR) is 242 cm³/mol. The van der Waals surface area contributed by atoms with Gasteiger partial charge in [0.25, 0.3) is 0 Å². The van der Waals surface area contributed by atoms with Crippen LogP contribution >= 0.6 is 7.82 Å². The number of hydrogen-bond acceptors (Lipinski definition) is 8. The standard InChI is InChI=1S/C48H93O9P/c1-3-5-7-9-11-13-15-17-19-21-22-23-24-25-26-28-30-32-34-36-38-40-48(51)57-47(45-56-58(52,53)55-43-46(50)42-49)44-54-41-39-37-35-33-31-29-27-20-18-16-14-12-10-8-6-4-2/h18,20-22,46-47,49-50H,3-17,19,23-45H2,1-2H3,(H,52,53)/b20-18-,22-21-. The molecule has 0 aliphatic carbocycles. The molecule has 0 aromatic heterocycles. The van der Waals surface area contributed by atoms with E-state index in [0.29, 0.717) is 6.61 Å². The fourth-order valence-corrected chi connectivity index (χ4v) is 7.67. The van der Waals surface area contributed by atoms with Gasteiger partial charge in [0, 0.05) is 13.0 Å². The number of aliphatic hydroxyl groups is 2. The number of phosphoric acid groups is 1. The van der Waals surface area contributed by atoms with Gasteiger partial charge in [-0.3, -0.25) is 13.8 Å². The van der Waals surface area contributed by atoms with E-state index in [0.717, 1.165) is 44.9 Å². The van der Waals surface area contributed by atoms with Gasteiger partial charge in [-0.05, 0) is 64.2 Å². The van der Waals surface area contributed by atoms with E-state index in [1.165, 1.54) is 167 Å². The van der Waals surface area contributed by atoms with Crippen LogP contribution in [-0.4, -0.2) is 66.3 Å². The molecule has 0 saturated heterocycles. The van der Waals surface area contributed by atoms with Crippen LogP contribution in [0.15, 0.2) is 24.3 Å². The molecular weight excluding hydrogens is 751 g/mol. The third-order valence-electron chi connectivity index (χ3n) is 10.6. The minimum absolute atomic E-state index is 0.0473. The number of allylic oxidation sites excluding steroid dienone is 4. The summed E-state index contributed by atoms with van der Waals surface area (Å²) in [4.78, 5) is 22.6. The summed E-state index contributed by atoms with van der Waals surface area (Å²) in [7, 11) is -4.52. The van der Waals surface area contributed by atoms with Crippen molar-refractivity contribution in [3.8, 4) is 0 Å². The number of hydrogen-bond donors (Lipinski definition) is 3. The summed E-state index contributed by atoms with van der Waals surface area (Å²) in [5.74, 6) is -0.384. The Morgan fingerprint density at radius 3 is 1.29 bits per heavy atom. The normalized spacial score (nSPS) is 14.1. The van der Waals surface area contributed by atoms with Crippen LogP contribution < -0.4 is 0 Å². The van der Waals surface area contributed by atoms with E-state index >= 15 is 0 Å². The largest absolute Gasteiger partial charge is 0.472 e. The van der Waals surface area contributed by atoms with Gasteiger partial charge in [-0.2, -0.15) is 0 Å². The number of esters is 1. The molecule has 0 rings (SSSR count). The van der Waals surface area contributed by atoms with Crippen LogP contribution in [0.3, 0.4) is 0 Å². The summed E-state index contributed by atoms with van der Waals surface area (Å²) in [5, 5.41) is 18.4. The number of aliphatic hydroxyl groups excluding tert-OH is 2. The lowest BCUT2D eigenvalue weighted by molar-refractivity contribution is -0.154. The molecule has 58 heavy (non-hydrogen) atoms. The topological polar surface area (TPSA) is 132 Å². The van der Waals surface area contributed by atoms with Crippen molar-refractivity contribution in [2.45, 2.75) is 244 Å². The van der Waals surface area contributed by atoms with Crippen molar-refractivity contribution >= 4 is 13.8 Å². The fraction of sp³-hybridized carbons (Fsp3) is 0.896. The smallest absolute Gasteiger partial charge is 0.457 e. The molecule has 3 atom stereocenters. The number of ether oxygens (including phenoxy) is 2. The molecule has 0 radical (unpaired) electrons. The molecule has 0 aromatic rings. The first-order chi connectivity index (χ1) is 28.3. The number of phosphoric ester groups is 1. The molecule has 0 saturated carbocycles. The summed E-state index contributed by atoms with van der Waals surface area (Å²) in [6.45, 7) is 3.54. The first-order valence-electron chi connectivity index (χ1n) is 24.3. The van der Waals surface area contributed by atoms with Crippen LogP contribution in [0.2, 0.25) is 0 Å². The number of carbonyl (C=O) groups excluding carboxylic acids is 1. The van der Waals surface area contributed by atoms with Gasteiger partial charge in [0.05, 0.1) is 26.4 Å². The van der Waals surface area contributed by atoms with Gasteiger partial charge in [0.2, 0.25) is 0 Å². The van der Waals surface area contributed by atoms with Crippen LogP contribution in [-0.2, 0) is 27.9 Å². The second kappa shape index (κ2) is 45.5. The molecule has 0 heterocycles. The number of carbonyl (C=O) groups is 1. The summed E-state index contributed by atoms with van der Waals surface area (Å²) in [5.41, 5.74) is 0. The monoisotopic (exact) mass is 845 g/mol. The van der Waals surface area contributed by atoms with Crippen LogP contribution in [0.4, 0.5) is 0 Å². The van der Waals surface area contributed by atoms with Crippen molar-refractivity contribution in [2.75, 3.05) is 33.0 Å². The Morgan fingerprint density at radius 1 is 0.517 bits per heavy atom. The Labute approximate surface area is 357 Å². The molecule has 0 amide bonds. The fourth-order valence-electron chi connectivity index (χ4n) is 6.88. The van der Waals surface area contributed by atoms with Gasteiger partial charge < -0.3 is 24.6 Å². The maximum Gasteiger partial charge on any atom is 0.472 e. The summed E-state index contributed by atoms with van der Waals surface area (Å²) in [6.07, 6.45) is 48.5. The molecule has 0 spiro atoms. The highest BCUT2D eigenvalue weighted by molar-refractivity contribution is 7.47. The van der Waals surface area contributed by atoms with Crippen molar-refractivity contribution < 1.29 is 43.0 Å². The Hall–Kier alpha value is -1.06. The zero-order valence-electron chi connectivity index (χ0n) is 37.8. The molecule has 3 N–H and O–H groups in total. The zero-order chi connectivity index (χ0) is 42.5. The number of unbranched alkanes of at least 4 members (excludes halogenated alkanes) is 29. The average molecular weight is 845 g/mol. The Morgan fingerprint density at radius 2 is 0.879 bits per heavy atom. The van der Waals surface area contributed by atoms with Gasteiger partial charge in [0.15, 0.2) is 0 Å². The molecule has 0 aromatic carbocycles. The molecule has 0 aliphatic rings. The van der Waals surface area contributed by atoms with Crippen LogP contribution in [0, 0.1) is 0 Å². The maximum absolute atomic E-state index is 12.7. The van der Waals surface area contributed by atoms with E-state index in [4.69, 9.17) is 23.6 Å². The van der Waals surface area contributed by atoms with Gasteiger partial charge >= 0.3 is 13.8 Å². The van der Waals surface area contributed by atoms with Crippen molar-refractivity contribution in [1.29, 1.82) is 0 Å². The lowest BCUT2D eigenvalue weighted by Gasteiger charge is -2.20. The van der Waals surface area contributed by atoms with Crippen LogP contribution in [0.5, 0.6) is 0 Å². The SMILES string of the molecule is CCCCCCCC/C=C\CCCCCCCCOCC(COP(=O)(O)OCC(O)CO)OC(=O)CCCCCCCCCCC/C=C\CCCCCCCCCC. The summed E-state index contributed by atoms with van der Waals surface area (Å²) in [6, 6.07) is 0. The van der Waals surface area contributed by atoms with E-state index in [1.54, 1.807) is 0 Å². The van der Waals surface area contributed by atoms with Gasteiger partial charge in [-0.15, -0.1) is 0 Å². The van der Waals surface area contributed by atoms with Crippen molar-refractivity contribution in [2.24, 2.45) is 0 Å². The third kappa shape index (κ3) is 44.5. The van der Waals surface area contributed by atoms with E-state index in [9.17, 15) is 19.4 Å². The Balaban J connectivity index is 4.09. The Kier molecular flexibility index (Phi) is 44.6. The average Bonchev–Trinajstić information content (AvgIpc) is 3.21. The van der Waals surface area contributed by atoms with E-state index in [2.05, 4.69) is 38.2 Å². The van der Waals surface area contributed by atoms with Crippen molar-refractivity contribution in [3.63, 3.8) is 0 Å². The second-order valence-electron chi connectivity index (χ2n) is 16.5. The van der Waals surface area contributed by atoms with Crippen LogP contribution in [0.1, 0.15) is 232 Å². The summed E-state index contributed by atoms with van der Waals surface area (Å²) >= 11 is 0. The van der Waals surface area contributed by atoms with E-state index in [-0.39, 0.29) is 25.6 Å². The van der Waals surface area contributed by atoms with E-state index < -0.39 is 33.2 Å². The minimum atomic E-state index is -4.52. The highest BCUT2D eigenvalue weighted by atomic mass is 31.2. The molecule has 0 bridgehead atoms. The Bertz CT molecular complexity index is 959. The van der Waals surface area contributed by atoms with Crippen molar-refractivity contribution in [3.05, 3.63) is 24.3 Å². The maximum atomic E-state index is 12.7. The molecule has 0 aliphatic heterocycles. The predicted octanol–water partition coefficient (Wildman–Crippen LogP) is 13.8. The molecular formula is C48H93O9P. The zero-order valence-corrected chi connectivity index (χ0v) is 38.7. The summed E-state index contributed by atoms with van der Waals surface area (Å²) < 4.78 is 33.5. The first kappa shape index (κ1) is 56.9. The van der Waals surface area contributed by atoms with E-state index in [1.807, 2.05) is 0 Å². The van der Waals surface area contributed by atoms with Crippen LogP contribution in [0.25, 0.3) is 0 Å². The first-order valence-corrected chi connectivity index (χ1v) is 25.8. The quantitative estimate of drug-likeness (QED) is 0.0237. The van der Waals surface area contributed by atoms with Gasteiger partial charge in [0.1, 0.15) is 12.2 Å². The lowest BCUT2D eigenvalue weighted by Crippen LogP contribution is -2.29. The highest BCUT2D eigenvalue weighted by Gasteiger charge is 2.26. The molecule has 3 unspecified atom stereocenters. The molecule has 10 heteroatoms. The molecule has 0 fully saturated rings. The van der Waals surface area contributed by atoms with Gasteiger partial charge in [-0.1, -0.05) is 186 Å². The second-order valence-corrected chi connectivity index (χ2v) is 17.9. The number of rotatable bonds is 47. The van der Waals surface area contributed by atoms with Crippen molar-refractivity contribution in [1.82, 2.24) is 0 Å². The molecule has 9 nitrogen and oxygen atoms in total. The highest BCUT2D eigenvalue weighted by Crippen LogP contribution is 2.43. The van der Waals surface area contributed by atoms with Gasteiger partial charge in [-0.25, -0.2) is 4.57 Å². The third-order valence-corrected chi connectivity index (χ3v) is 11.6. The molecule has 344 valence electrons.